The Labute approximate surface area is 785 Å². The standard InChI is InChI=1S/C45H30N2O.2C41H28N2O/c1-2-42-46-38-17-10-18-40-45(38)47(42)39-24-22-33(27-41(39)48-40)44-35-16-9-8-15-34(35)43(32-20-19-29-13-6-7-14-30(29)25-32)36-23-21-31(26-37(36)44)28-11-4-3-5-12-28;1-2-38-42-34-20-11-21-36-41(34)43(38)35-23-22-28(25-37(35)44-36)27-14-10-15-29(24-27)40-32-18-8-6-16-30(32)39(26-12-4-3-5-13-26)31-17-7-9-19-33(31)40;1-2-38-42-34-17-10-18-36-41(34)43(38)35-24-23-29(25-37(35)44-36)26-19-21-28(22-20-26)40-32-15-8-6-13-30(32)39(27-11-4-3-5-12-27)31-14-7-9-16-33(31)40/h3-27H,2H2,1H3;2*3-25H,2H2,1H3. The molecule has 0 amide bonds. The van der Waals surface area contributed by atoms with Crippen molar-refractivity contribution in [1.82, 2.24) is 28.7 Å². The van der Waals surface area contributed by atoms with E-state index in [0.717, 1.165) is 149 Å². The molecule has 0 aliphatic carbocycles. The van der Waals surface area contributed by atoms with Crippen LogP contribution in [-0.4, -0.2) is 28.7 Å². The summed E-state index contributed by atoms with van der Waals surface area (Å²) < 4.78 is 26.4. The van der Waals surface area contributed by atoms with E-state index in [9.17, 15) is 0 Å². The van der Waals surface area contributed by atoms with Gasteiger partial charge in [0, 0.05) is 19.3 Å². The van der Waals surface area contributed by atoms with Crippen LogP contribution in [0.3, 0.4) is 0 Å². The molecule has 0 unspecified atom stereocenters. The van der Waals surface area contributed by atoms with Crippen LogP contribution in [0.1, 0.15) is 38.2 Å². The zero-order valence-electron chi connectivity index (χ0n) is 75.0. The van der Waals surface area contributed by atoms with Crippen molar-refractivity contribution in [1.29, 1.82) is 0 Å². The van der Waals surface area contributed by atoms with Crippen LogP contribution in [0.15, 0.2) is 431 Å². The van der Waals surface area contributed by atoms with Crippen LogP contribution in [0.2, 0.25) is 0 Å². The number of nitrogens with zero attached hydrogens (tertiary/aromatic N) is 6. The Kier molecular flexibility index (Phi) is 19.0. The van der Waals surface area contributed by atoms with Gasteiger partial charge in [0.2, 0.25) is 0 Å². The molecule has 3 aliphatic rings. The van der Waals surface area contributed by atoms with E-state index in [1.54, 1.807) is 0 Å². The quantitative estimate of drug-likeness (QED) is 0.113. The van der Waals surface area contributed by atoms with Gasteiger partial charge in [-0.1, -0.05) is 360 Å². The molecule has 9 heteroatoms. The number of benzene rings is 22. The first kappa shape index (κ1) is 79.4. The lowest BCUT2D eigenvalue weighted by molar-refractivity contribution is 0.474. The average molecular weight is 1740 g/mol. The molecule has 0 saturated heterocycles. The Morgan fingerprint density at radius 3 is 0.853 bits per heavy atom. The van der Waals surface area contributed by atoms with Crippen LogP contribution < -0.4 is 14.2 Å². The molecule has 3 aliphatic heterocycles. The molecule has 0 fully saturated rings. The summed E-state index contributed by atoms with van der Waals surface area (Å²) in [6.07, 6.45) is 2.54. The summed E-state index contributed by atoms with van der Waals surface area (Å²) in [5.41, 5.74) is 30.9. The molecule has 136 heavy (non-hydrogen) atoms. The SMILES string of the molecule is CCc1nc2cccc3c2n1-c1ccc(-c2c4ccccc4c(-c4ccc5ccccc5c4)c4ccc(-c5ccccc5)cc24)cc1O3.CCc1nc2cccc3c2n1-c1ccc(-c2ccc(-c4c5ccccc5c(-c5ccccc5)c5ccccc45)cc2)cc1O3.CCc1nc2cccc3c2n1-c1ccc(-c2cccc(-c4c5ccccc5c(-c5ccccc5)c5ccccc45)c2)cc1O3. The molecule has 22 aromatic carbocycles. The molecule has 28 rings (SSSR count). The predicted molar refractivity (Wildman–Crippen MR) is 563 cm³/mol. The molecule has 6 heterocycles. The van der Waals surface area contributed by atoms with Gasteiger partial charge < -0.3 is 14.2 Å². The van der Waals surface area contributed by atoms with E-state index < -0.39 is 0 Å². The van der Waals surface area contributed by atoms with E-state index in [0.29, 0.717) is 0 Å². The summed E-state index contributed by atoms with van der Waals surface area (Å²) >= 11 is 0. The first-order valence-electron chi connectivity index (χ1n) is 47.0. The lowest BCUT2D eigenvalue weighted by atomic mass is 9.84. The van der Waals surface area contributed by atoms with Gasteiger partial charge >= 0.3 is 0 Å². The normalized spacial score (nSPS) is 12.1. The molecule has 25 aromatic rings. The van der Waals surface area contributed by atoms with Crippen molar-refractivity contribution in [2.45, 2.75) is 40.0 Å². The highest BCUT2D eigenvalue weighted by Gasteiger charge is 2.31. The van der Waals surface area contributed by atoms with Gasteiger partial charge in [-0.05, 0) is 267 Å². The van der Waals surface area contributed by atoms with Crippen molar-refractivity contribution in [2.75, 3.05) is 0 Å². The molecule has 0 saturated carbocycles. The summed E-state index contributed by atoms with van der Waals surface area (Å²) in [5.74, 6) is 8.23. The van der Waals surface area contributed by atoms with Crippen molar-refractivity contribution in [3.8, 4) is 152 Å². The van der Waals surface area contributed by atoms with Crippen LogP contribution in [0.4, 0.5) is 0 Å². The second kappa shape index (κ2) is 32.5. The van der Waals surface area contributed by atoms with Gasteiger partial charge in [0.15, 0.2) is 34.5 Å². The summed E-state index contributed by atoms with van der Waals surface area (Å²) in [7, 11) is 0. The lowest BCUT2D eigenvalue weighted by Crippen LogP contribution is -2.07. The number of rotatable bonds is 12. The van der Waals surface area contributed by atoms with Crippen molar-refractivity contribution >= 4 is 109 Å². The first-order valence-corrected chi connectivity index (χ1v) is 47.0. The number of hydrogen-bond acceptors (Lipinski definition) is 6. The molecule has 0 bridgehead atoms. The second-order valence-electron chi connectivity index (χ2n) is 35.4. The minimum Gasteiger partial charge on any atom is -0.453 e. The Morgan fingerprint density at radius 1 is 0.176 bits per heavy atom. The van der Waals surface area contributed by atoms with E-state index >= 15 is 0 Å². The van der Waals surface area contributed by atoms with Crippen LogP contribution in [-0.2, 0) is 19.3 Å². The number of hydrogen-bond donors (Lipinski definition) is 0. The molecule has 3 aromatic heterocycles. The maximum Gasteiger partial charge on any atom is 0.153 e. The third-order valence-electron chi connectivity index (χ3n) is 27.8. The maximum atomic E-state index is 6.66. The van der Waals surface area contributed by atoms with Crippen molar-refractivity contribution in [2.24, 2.45) is 0 Å². The second-order valence-corrected chi connectivity index (χ2v) is 35.4. The van der Waals surface area contributed by atoms with E-state index in [4.69, 9.17) is 29.2 Å². The molecule has 0 N–H and O–H groups in total. The molecule has 642 valence electrons. The van der Waals surface area contributed by atoms with E-state index in [1.807, 2.05) is 36.4 Å². The number of ether oxygens (including phenoxy) is 3. The van der Waals surface area contributed by atoms with Crippen LogP contribution in [0.25, 0.3) is 226 Å². The Morgan fingerprint density at radius 2 is 0.434 bits per heavy atom. The Bertz CT molecular complexity index is 9080. The van der Waals surface area contributed by atoms with E-state index in [1.165, 1.54) is 148 Å². The predicted octanol–water partition coefficient (Wildman–Crippen LogP) is 34.2. The minimum absolute atomic E-state index is 0.836. The lowest BCUT2D eigenvalue weighted by Gasteiger charge is -2.23. The van der Waals surface area contributed by atoms with Crippen LogP contribution >= 0.6 is 0 Å². The highest BCUT2D eigenvalue weighted by atomic mass is 16.5. The minimum atomic E-state index is 0.836. The molecule has 9 nitrogen and oxygen atoms in total. The fourth-order valence-electron chi connectivity index (χ4n) is 21.7. The highest BCUT2D eigenvalue weighted by molar-refractivity contribution is 6.25. The number of aryl methyl sites for hydroxylation is 3. The zero-order chi connectivity index (χ0) is 90.2. The maximum absolute atomic E-state index is 6.66. The average Bonchev–Trinajstić information content (AvgIpc) is 1.19. The van der Waals surface area contributed by atoms with E-state index in [-0.39, 0.29) is 0 Å². The van der Waals surface area contributed by atoms with Gasteiger partial charge in [0.25, 0.3) is 0 Å². The molecule has 0 spiro atoms. The number of imidazole rings is 3. The van der Waals surface area contributed by atoms with Crippen molar-refractivity contribution in [3.05, 3.63) is 448 Å². The van der Waals surface area contributed by atoms with Gasteiger partial charge in [-0.3, -0.25) is 13.7 Å². The van der Waals surface area contributed by atoms with Gasteiger partial charge in [-0.2, -0.15) is 0 Å². The van der Waals surface area contributed by atoms with E-state index in [2.05, 4.69) is 429 Å². The Hall–Kier alpha value is -17.5. The topological polar surface area (TPSA) is 81.1 Å². The summed E-state index contributed by atoms with van der Waals surface area (Å²) in [4.78, 5) is 14.7. The zero-order valence-corrected chi connectivity index (χ0v) is 75.0. The largest absolute Gasteiger partial charge is 0.453 e. The van der Waals surface area contributed by atoms with Gasteiger partial charge in [0.05, 0.1) is 33.6 Å². The van der Waals surface area contributed by atoms with Crippen LogP contribution in [0.5, 0.6) is 34.5 Å². The molecular weight excluding hydrogens is 1660 g/mol. The van der Waals surface area contributed by atoms with Gasteiger partial charge in [-0.25, -0.2) is 15.0 Å². The molecule has 0 atom stereocenters. The Balaban J connectivity index is 0.000000106. The summed E-state index contributed by atoms with van der Waals surface area (Å²) in [6.45, 7) is 6.46. The van der Waals surface area contributed by atoms with Gasteiger partial charge in [0.1, 0.15) is 34.0 Å². The fourth-order valence-corrected chi connectivity index (χ4v) is 21.7. The number of para-hydroxylation sites is 3. The summed E-state index contributed by atoms with van der Waals surface area (Å²) in [6, 6.07) is 155. The third-order valence-corrected chi connectivity index (χ3v) is 27.8. The van der Waals surface area contributed by atoms with Crippen molar-refractivity contribution in [3.63, 3.8) is 0 Å². The monoisotopic (exact) mass is 1740 g/mol. The summed E-state index contributed by atoms with van der Waals surface area (Å²) in [5, 5.41) is 17.5. The fraction of sp³-hybridized carbons (Fsp3) is 0.0472. The molecule has 0 radical (unpaired) electrons. The van der Waals surface area contributed by atoms with Gasteiger partial charge in [-0.15, -0.1) is 0 Å². The smallest absolute Gasteiger partial charge is 0.153 e. The number of fused-ring (bicyclic) bond motifs is 13. The third kappa shape index (κ3) is 13.0. The highest BCUT2D eigenvalue weighted by Crippen LogP contribution is 2.53. The first-order chi connectivity index (χ1) is 67.3. The van der Waals surface area contributed by atoms with Crippen LogP contribution in [0, 0.1) is 0 Å². The molecular formula is C127H86N6O3. The van der Waals surface area contributed by atoms with Crippen molar-refractivity contribution < 1.29 is 14.2 Å². The number of aromatic nitrogens is 6.